The highest BCUT2D eigenvalue weighted by molar-refractivity contribution is 5.84. The minimum absolute atomic E-state index is 0.121. The molecule has 2 bridgehead atoms. The third-order valence-electron chi connectivity index (χ3n) is 9.45. The Hall–Kier alpha value is -2.07. The normalized spacial score (nSPS) is 31.5. The summed E-state index contributed by atoms with van der Waals surface area (Å²) in [6.45, 7) is 7.92. The fourth-order valence-corrected chi connectivity index (χ4v) is 6.76. The number of fused-ring (bicyclic) bond motifs is 4. The highest BCUT2D eigenvalue weighted by Gasteiger charge is 2.52. The van der Waals surface area contributed by atoms with E-state index in [2.05, 4.69) is 62.5 Å². The fourth-order valence-electron chi connectivity index (χ4n) is 6.76. The summed E-state index contributed by atoms with van der Waals surface area (Å²) in [5.74, 6) is 1.21. The molecule has 4 aliphatic carbocycles. The number of rotatable bonds is 6. The van der Waals surface area contributed by atoms with Crippen LogP contribution in [0.25, 0.3) is 10.8 Å². The van der Waals surface area contributed by atoms with Gasteiger partial charge in [0.1, 0.15) is 5.75 Å². The van der Waals surface area contributed by atoms with Crippen molar-refractivity contribution in [1.82, 2.24) is 5.32 Å². The number of nitrogens with one attached hydrogen (secondary N) is 1. The van der Waals surface area contributed by atoms with Gasteiger partial charge in [-0.1, -0.05) is 39.0 Å². The van der Waals surface area contributed by atoms with E-state index in [4.69, 9.17) is 4.74 Å². The van der Waals surface area contributed by atoms with E-state index in [0.717, 1.165) is 69.6 Å². The van der Waals surface area contributed by atoms with Crippen molar-refractivity contribution in [2.75, 3.05) is 0 Å². The van der Waals surface area contributed by atoms with E-state index in [1.165, 1.54) is 29.2 Å². The van der Waals surface area contributed by atoms with Crippen molar-refractivity contribution in [2.45, 2.75) is 103 Å². The van der Waals surface area contributed by atoms with E-state index in [-0.39, 0.29) is 5.54 Å². The molecule has 4 aliphatic rings. The van der Waals surface area contributed by atoms with E-state index in [0.29, 0.717) is 11.5 Å². The molecule has 4 fully saturated rings. The number of carboxylic acids is 1. The zero-order chi connectivity index (χ0) is 24.0. The van der Waals surface area contributed by atoms with Gasteiger partial charge in [-0.05, 0) is 110 Å². The topological polar surface area (TPSA) is 58.6 Å². The SMILES string of the molecule is CC(C)(C)[C@H]1CC[C@H](Oc2ccc3cc(CNC45CCC(C(=O)O)(CC4)CC5)ccc3c2)CC1. The maximum absolute atomic E-state index is 11.7. The molecule has 34 heavy (non-hydrogen) atoms. The molecule has 6 rings (SSSR count). The molecule has 4 heteroatoms. The van der Waals surface area contributed by atoms with Gasteiger partial charge >= 0.3 is 5.97 Å². The molecule has 2 N–H and O–H groups in total. The van der Waals surface area contributed by atoms with Gasteiger partial charge in [-0.3, -0.25) is 4.79 Å². The van der Waals surface area contributed by atoms with Crippen LogP contribution in [0, 0.1) is 16.7 Å². The number of benzene rings is 2. The minimum atomic E-state index is -0.587. The highest BCUT2D eigenvalue weighted by atomic mass is 16.5. The zero-order valence-electron chi connectivity index (χ0n) is 21.2. The number of aliphatic carboxylic acids is 1. The summed E-state index contributed by atoms with van der Waals surface area (Å²) in [6.07, 6.45) is 10.5. The first-order valence-corrected chi connectivity index (χ1v) is 13.3. The van der Waals surface area contributed by atoms with Crippen molar-refractivity contribution >= 4 is 16.7 Å². The first-order valence-electron chi connectivity index (χ1n) is 13.3. The van der Waals surface area contributed by atoms with Crippen molar-refractivity contribution in [3.05, 3.63) is 42.0 Å². The van der Waals surface area contributed by atoms with Gasteiger partial charge in [0.05, 0.1) is 11.5 Å². The molecular formula is C30H41NO3. The molecule has 0 aliphatic heterocycles. The first kappa shape index (κ1) is 23.7. The second kappa shape index (κ2) is 8.86. The molecule has 0 amide bonds. The average Bonchev–Trinajstić information content (AvgIpc) is 2.83. The first-order chi connectivity index (χ1) is 16.2. The maximum Gasteiger partial charge on any atom is 0.309 e. The summed E-state index contributed by atoms with van der Waals surface area (Å²) in [5.41, 5.74) is 1.36. The van der Waals surface area contributed by atoms with Crippen LogP contribution >= 0.6 is 0 Å². The molecule has 0 atom stereocenters. The van der Waals surface area contributed by atoms with Crippen molar-refractivity contribution in [1.29, 1.82) is 0 Å². The quantitative estimate of drug-likeness (QED) is 0.480. The number of hydrogen-bond donors (Lipinski definition) is 2. The molecule has 0 unspecified atom stereocenters. The maximum atomic E-state index is 11.7. The molecule has 2 aromatic rings. The van der Waals surface area contributed by atoms with E-state index in [1.54, 1.807) is 0 Å². The lowest BCUT2D eigenvalue weighted by Gasteiger charge is -2.51. The Balaban J connectivity index is 1.18. The lowest BCUT2D eigenvalue weighted by atomic mass is 9.57. The Morgan fingerprint density at radius 2 is 1.56 bits per heavy atom. The third kappa shape index (κ3) is 4.71. The fraction of sp³-hybridized carbons (Fsp3) is 0.633. The molecule has 4 saturated carbocycles. The second-order valence-electron chi connectivity index (χ2n) is 12.5. The summed E-state index contributed by atoms with van der Waals surface area (Å²) in [6, 6.07) is 13.2. The molecule has 4 nitrogen and oxygen atoms in total. The van der Waals surface area contributed by atoms with Gasteiger partial charge in [0, 0.05) is 12.1 Å². The van der Waals surface area contributed by atoms with Crippen LogP contribution in [0.5, 0.6) is 5.75 Å². The summed E-state index contributed by atoms with van der Waals surface area (Å²) in [4.78, 5) is 11.7. The molecule has 0 aromatic heterocycles. The van der Waals surface area contributed by atoms with Gasteiger partial charge in [0.15, 0.2) is 0 Å². The predicted molar refractivity (Wildman–Crippen MR) is 137 cm³/mol. The van der Waals surface area contributed by atoms with Crippen molar-refractivity contribution in [2.24, 2.45) is 16.7 Å². The lowest BCUT2D eigenvalue weighted by Crippen LogP contribution is -2.56. The second-order valence-corrected chi connectivity index (χ2v) is 12.5. The van der Waals surface area contributed by atoms with Crippen LogP contribution in [0.15, 0.2) is 36.4 Å². The van der Waals surface area contributed by atoms with Crippen LogP contribution < -0.4 is 10.1 Å². The summed E-state index contributed by atoms with van der Waals surface area (Å²) in [7, 11) is 0. The number of carboxylic acid groups (broad SMARTS) is 1. The predicted octanol–water partition coefficient (Wildman–Crippen LogP) is 7.09. The molecule has 2 aromatic carbocycles. The summed E-state index contributed by atoms with van der Waals surface area (Å²) >= 11 is 0. The summed E-state index contributed by atoms with van der Waals surface area (Å²) in [5, 5.41) is 15.9. The van der Waals surface area contributed by atoms with Crippen molar-refractivity contribution in [3.8, 4) is 5.75 Å². The Morgan fingerprint density at radius 1 is 0.941 bits per heavy atom. The standard InChI is InChI=1S/C30H41NO3/c1-28(2,3)24-7-10-25(11-8-24)34-26-9-6-22-18-21(4-5-23(22)19-26)20-31-30-15-12-29(13-16-30,14-17-30)27(32)33/h4-6,9,18-19,24-25,31H,7-8,10-17,20H2,1-3H3,(H,32,33)/t24-,25-,29?,30?. The zero-order valence-corrected chi connectivity index (χ0v) is 21.2. The Kier molecular flexibility index (Phi) is 6.16. The Labute approximate surface area is 204 Å². The molecular weight excluding hydrogens is 422 g/mol. The van der Waals surface area contributed by atoms with E-state index >= 15 is 0 Å². The van der Waals surface area contributed by atoms with Crippen LogP contribution in [-0.4, -0.2) is 22.7 Å². The highest BCUT2D eigenvalue weighted by Crippen LogP contribution is 2.52. The van der Waals surface area contributed by atoms with E-state index in [1.807, 2.05) is 0 Å². The number of carbonyl (C=O) groups is 1. The van der Waals surface area contributed by atoms with Crippen LogP contribution in [0.3, 0.4) is 0 Å². The van der Waals surface area contributed by atoms with Crippen LogP contribution in [0.4, 0.5) is 0 Å². The molecule has 184 valence electrons. The van der Waals surface area contributed by atoms with E-state index in [9.17, 15) is 9.90 Å². The third-order valence-corrected chi connectivity index (χ3v) is 9.45. The minimum Gasteiger partial charge on any atom is -0.490 e. The monoisotopic (exact) mass is 463 g/mol. The van der Waals surface area contributed by atoms with E-state index < -0.39 is 11.4 Å². The molecule has 0 heterocycles. The molecule has 0 radical (unpaired) electrons. The number of hydrogen-bond acceptors (Lipinski definition) is 3. The van der Waals surface area contributed by atoms with Gasteiger partial charge < -0.3 is 15.2 Å². The average molecular weight is 464 g/mol. The van der Waals surface area contributed by atoms with Crippen molar-refractivity contribution in [3.63, 3.8) is 0 Å². The largest absolute Gasteiger partial charge is 0.490 e. The molecule has 0 saturated heterocycles. The summed E-state index contributed by atoms with van der Waals surface area (Å²) < 4.78 is 6.38. The Morgan fingerprint density at radius 3 is 2.18 bits per heavy atom. The molecule has 0 spiro atoms. The lowest BCUT2D eigenvalue weighted by molar-refractivity contribution is -0.156. The van der Waals surface area contributed by atoms with Gasteiger partial charge in [-0.2, -0.15) is 0 Å². The smallest absolute Gasteiger partial charge is 0.309 e. The van der Waals surface area contributed by atoms with Crippen LogP contribution in [0.1, 0.15) is 90.5 Å². The van der Waals surface area contributed by atoms with Gasteiger partial charge in [-0.25, -0.2) is 0 Å². The van der Waals surface area contributed by atoms with Gasteiger partial charge in [0.2, 0.25) is 0 Å². The van der Waals surface area contributed by atoms with Crippen LogP contribution in [0.2, 0.25) is 0 Å². The van der Waals surface area contributed by atoms with Crippen LogP contribution in [-0.2, 0) is 11.3 Å². The van der Waals surface area contributed by atoms with Gasteiger partial charge in [0.25, 0.3) is 0 Å². The Bertz CT molecular complexity index is 1020. The van der Waals surface area contributed by atoms with Gasteiger partial charge in [-0.15, -0.1) is 0 Å². The van der Waals surface area contributed by atoms with Crippen molar-refractivity contribution < 1.29 is 14.6 Å². The number of ether oxygens (including phenoxy) is 1.